The molecule has 0 aliphatic rings. The van der Waals surface area contributed by atoms with Crippen molar-refractivity contribution in [1.29, 1.82) is 0 Å². The minimum Gasteiger partial charge on any atom is -0.376 e. The molecule has 2 atom stereocenters. The van der Waals surface area contributed by atoms with E-state index in [2.05, 4.69) is 86.5 Å². The second-order valence-corrected chi connectivity index (χ2v) is 20.4. The summed E-state index contributed by atoms with van der Waals surface area (Å²) >= 11 is 0. The largest absolute Gasteiger partial charge is 0.376 e. The normalized spacial score (nSPS) is 14.7. The van der Waals surface area contributed by atoms with Crippen molar-refractivity contribution in [2.75, 3.05) is 0 Å². The predicted octanol–water partition coefficient (Wildman–Crippen LogP) is 6.70. The fourth-order valence-electron chi connectivity index (χ4n) is 5.25. The predicted molar refractivity (Wildman–Crippen MR) is 166 cm³/mol. The number of rotatable bonds is 10. The lowest BCUT2D eigenvalue weighted by molar-refractivity contribution is 0.00976. The van der Waals surface area contributed by atoms with Crippen LogP contribution < -0.4 is 10.4 Å². The van der Waals surface area contributed by atoms with Crippen molar-refractivity contribution < 1.29 is 9.90 Å². The van der Waals surface area contributed by atoms with Crippen molar-refractivity contribution in [1.82, 2.24) is 0 Å². The zero-order chi connectivity index (χ0) is 27.2. The first kappa shape index (κ1) is 27.7. The Balaban J connectivity index is 1.87. The summed E-state index contributed by atoms with van der Waals surface area (Å²) in [5, 5.41) is 15.3. The van der Waals surface area contributed by atoms with Gasteiger partial charge in [-0.1, -0.05) is 170 Å². The molecule has 4 aromatic carbocycles. The molecular weight excluding hydrogens is 497 g/mol. The van der Waals surface area contributed by atoms with Gasteiger partial charge in [0.15, 0.2) is 11.4 Å². The molecule has 0 amide bonds. The van der Waals surface area contributed by atoms with Gasteiger partial charge in [0.25, 0.3) is 0 Å². The standard InChI is InChI=1S/C34H38O2Si2/c1-37(2,31-21-13-7-14-22-31)26-25-30(27-38(3,4)32-23-15-8-16-24-32)34(36,29-19-11-6-12-20-29)33(35)28-17-9-5-10-18-28/h5-26,30,36H,27H2,1-4H3/b26-25+. The summed E-state index contributed by atoms with van der Waals surface area (Å²) in [7, 11) is -4.03. The first-order chi connectivity index (χ1) is 18.1. The maximum atomic E-state index is 14.3. The monoisotopic (exact) mass is 534 g/mol. The lowest BCUT2D eigenvalue weighted by Gasteiger charge is -2.38. The molecule has 2 nitrogen and oxygen atoms in total. The van der Waals surface area contributed by atoms with E-state index < -0.39 is 27.7 Å². The van der Waals surface area contributed by atoms with Crippen molar-refractivity contribution in [2.45, 2.75) is 37.8 Å². The first-order valence-corrected chi connectivity index (χ1v) is 19.6. The Bertz CT molecular complexity index is 1350. The molecule has 0 saturated carbocycles. The van der Waals surface area contributed by atoms with Gasteiger partial charge in [-0.2, -0.15) is 0 Å². The molecule has 0 fully saturated rings. The molecule has 194 valence electrons. The van der Waals surface area contributed by atoms with Crippen LogP contribution in [0.25, 0.3) is 0 Å². The van der Waals surface area contributed by atoms with Crippen LogP contribution in [0.5, 0.6) is 0 Å². The van der Waals surface area contributed by atoms with E-state index in [4.69, 9.17) is 0 Å². The number of hydrogen-bond donors (Lipinski definition) is 1. The molecule has 0 heterocycles. The molecule has 4 aromatic rings. The highest BCUT2D eigenvalue weighted by Gasteiger charge is 2.47. The fourth-order valence-corrected chi connectivity index (χ4v) is 10.1. The molecule has 4 heteroatoms. The molecule has 0 aromatic heterocycles. The smallest absolute Gasteiger partial charge is 0.199 e. The third-order valence-electron chi connectivity index (χ3n) is 7.68. The second-order valence-electron chi connectivity index (χ2n) is 11.3. The Morgan fingerprint density at radius 2 is 1.16 bits per heavy atom. The molecule has 0 aliphatic heterocycles. The van der Waals surface area contributed by atoms with E-state index in [-0.39, 0.29) is 5.78 Å². The van der Waals surface area contributed by atoms with Crippen LogP contribution in [0, 0.1) is 5.92 Å². The molecular formula is C34H38O2Si2. The highest BCUT2D eigenvalue weighted by molar-refractivity contribution is 6.94. The van der Waals surface area contributed by atoms with Gasteiger partial charge in [0.05, 0.1) is 8.07 Å². The highest BCUT2D eigenvalue weighted by atomic mass is 28.3. The summed E-state index contributed by atoms with van der Waals surface area (Å²) in [6.45, 7) is 9.30. The van der Waals surface area contributed by atoms with Crippen LogP contribution in [0.2, 0.25) is 32.2 Å². The number of Topliss-reactive ketones (excluding diaryl/α,β-unsaturated/α-hetero) is 1. The van der Waals surface area contributed by atoms with Crippen LogP contribution in [0.15, 0.2) is 133 Å². The molecule has 0 bridgehead atoms. The maximum Gasteiger partial charge on any atom is 0.199 e. The van der Waals surface area contributed by atoms with Crippen LogP contribution in [0.3, 0.4) is 0 Å². The Labute approximate surface area is 229 Å². The van der Waals surface area contributed by atoms with Crippen molar-refractivity contribution >= 4 is 32.3 Å². The maximum absolute atomic E-state index is 14.3. The number of ketones is 1. The molecule has 1 N–H and O–H groups in total. The van der Waals surface area contributed by atoms with Crippen molar-refractivity contribution in [2.24, 2.45) is 5.92 Å². The van der Waals surface area contributed by atoms with Crippen LogP contribution in [0.4, 0.5) is 0 Å². The van der Waals surface area contributed by atoms with Gasteiger partial charge in [-0.05, 0) is 11.6 Å². The summed E-state index contributed by atoms with van der Waals surface area (Å²) in [6, 6.07) is 40.6. The summed E-state index contributed by atoms with van der Waals surface area (Å²) in [6.07, 6.45) is 2.17. The quantitative estimate of drug-likeness (QED) is 0.182. The molecule has 4 rings (SSSR count). The Morgan fingerprint density at radius 3 is 1.68 bits per heavy atom. The minimum absolute atomic E-state index is 0.254. The average molecular weight is 535 g/mol. The Morgan fingerprint density at radius 1 is 0.711 bits per heavy atom. The minimum atomic E-state index is -2.06. The van der Waals surface area contributed by atoms with Gasteiger partial charge >= 0.3 is 0 Å². The van der Waals surface area contributed by atoms with Gasteiger partial charge in [0.1, 0.15) is 8.07 Å². The molecule has 0 aliphatic carbocycles. The van der Waals surface area contributed by atoms with Gasteiger partial charge in [-0.25, -0.2) is 0 Å². The SMILES string of the molecule is C[Si](C)(/C=C/C(C[Si](C)(C)c1ccccc1)C(O)(C(=O)c1ccccc1)c1ccccc1)c1ccccc1. The summed E-state index contributed by atoms with van der Waals surface area (Å²) in [4.78, 5) is 14.3. The Hall–Kier alpha value is -3.32. The van der Waals surface area contributed by atoms with E-state index in [1.807, 2.05) is 60.7 Å². The molecule has 0 radical (unpaired) electrons. The van der Waals surface area contributed by atoms with Crippen molar-refractivity contribution in [3.8, 4) is 0 Å². The molecule has 0 spiro atoms. The van der Waals surface area contributed by atoms with E-state index >= 15 is 0 Å². The Kier molecular flexibility index (Phi) is 8.46. The third-order valence-corrected chi connectivity index (χ3v) is 13.9. The van der Waals surface area contributed by atoms with E-state index in [9.17, 15) is 9.90 Å². The van der Waals surface area contributed by atoms with Crippen LogP contribution in [-0.4, -0.2) is 27.0 Å². The lowest BCUT2D eigenvalue weighted by Crippen LogP contribution is -2.50. The summed E-state index contributed by atoms with van der Waals surface area (Å²) in [5.41, 5.74) is 1.78. The number of hydrogen-bond acceptors (Lipinski definition) is 2. The van der Waals surface area contributed by atoms with Gasteiger partial charge in [0, 0.05) is 11.5 Å². The molecule has 2 unspecified atom stereocenters. The lowest BCUT2D eigenvalue weighted by atomic mass is 9.76. The van der Waals surface area contributed by atoms with Crippen molar-refractivity contribution in [3.05, 3.63) is 144 Å². The average Bonchev–Trinajstić information content (AvgIpc) is 2.96. The molecule has 0 saturated heterocycles. The van der Waals surface area contributed by atoms with Gasteiger partial charge in [-0.3, -0.25) is 4.79 Å². The van der Waals surface area contributed by atoms with Crippen molar-refractivity contribution in [3.63, 3.8) is 0 Å². The van der Waals surface area contributed by atoms with Gasteiger partial charge in [-0.15, -0.1) is 0 Å². The first-order valence-electron chi connectivity index (χ1n) is 13.3. The van der Waals surface area contributed by atoms with Crippen LogP contribution in [-0.2, 0) is 5.60 Å². The van der Waals surface area contributed by atoms with E-state index in [0.717, 1.165) is 6.04 Å². The highest BCUT2D eigenvalue weighted by Crippen LogP contribution is 2.39. The van der Waals surface area contributed by atoms with Gasteiger partial charge in [0.2, 0.25) is 0 Å². The number of carbonyl (C=O) groups is 1. The fraction of sp³-hybridized carbons (Fsp3) is 0.206. The topological polar surface area (TPSA) is 37.3 Å². The van der Waals surface area contributed by atoms with Gasteiger partial charge < -0.3 is 5.11 Å². The number of carbonyl (C=O) groups excluding carboxylic acids is 1. The van der Waals surface area contributed by atoms with E-state index in [0.29, 0.717) is 11.1 Å². The van der Waals surface area contributed by atoms with E-state index in [1.54, 1.807) is 12.1 Å². The second kappa shape index (κ2) is 11.6. The zero-order valence-corrected chi connectivity index (χ0v) is 24.8. The zero-order valence-electron chi connectivity index (χ0n) is 22.8. The third kappa shape index (κ3) is 6.04. The number of benzene rings is 4. The summed E-state index contributed by atoms with van der Waals surface area (Å²) in [5.74, 6) is -0.647. The van der Waals surface area contributed by atoms with E-state index in [1.165, 1.54) is 10.4 Å². The van der Waals surface area contributed by atoms with Crippen LogP contribution in [0.1, 0.15) is 15.9 Å². The number of aliphatic hydroxyl groups is 1. The summed E-state index contributed by atoms with van der Waals surface area (Å²) < 4.78 is 0. The molecule has 38 heavy (non-hydrogen) atoms. The van der Waals surface area contributed by atoms with Crippen LogP contribution >= 0.6 is 0 Å².